The molecule has 0 spiro atoms. The Morgan fingerprint density at radius 3 is 1.36 bits per heavy atom. The molecule has 0 aromatic heterocycles. The van der Waals surface area contributed by atoms with E-state index in [0.29, 0.717) is 0 Å². The predicted octanol–water partition coefficient (Wildman–Crippen LogP) is 2.94. The van der Waals surface area contributed by atoms with Gasteiger partial charge in [-0.3, -0.25) is 0 Å². The van der Waals surface area contributed by atoms with E-state index < -0.39 is 13.5 Å². The molecule has 2 heteroatoms. The van der Waals surface area contributed by atoms with Crippen molar-refractivity contribution in [2.24, 2.45) is 0 Å². The van der Waals surface area contributed by atoms with Crippen LogP contribution in [0, 0.1) is 0 Å². The first-order valence-corrected chi connectivity index (χ1v) is 10.3. The number of hydrogen-bond donors (Lipinski definition) is 0. The van der Waals surface area contributed by atoms with Gasteiger partial charge in [0.05, 0.1) is 0 Å². The molecule has 68 valence electrons. The topological polar surface area (TPSA) is 3.24 Å². The molecule has 0 aliphatic heterocycles. The third kappa shape index (κ3) is 2.48. The van der Waals surface area contributed by atoms with E-state index in [2.05, 4.69) is 38.6 Å². The number of rotatable bonds is 5. The van der Waals surface area contributed by atoms with Crippen molar-refractivity contribution >= 4 is 13.5 Å². The molecule has 0 atom stereocenters. The van der Waals surface area contributed by atoms with Crippen molar-refractivity contribution in [3.63, 3.8) is 0 Å². The molecular formula is C9H23GeN. The van der Waals surface area contributed by atoms with E-state index >= 15 is 0 Å². The molecule has 0 unspecified atom stereocenters. The molecule has 0 fully saturated rings. The third-order valence-corrected chi connectivity index (χ3v) is 15.6. The molecule has 11 heavy (non-hydrogen) atoms. The Kier molecular flexibility index (Phi) is 5.44. The fourth-order valence-corrected chi connectivity index (χ4v) is 9.85. The maximum atomic E-state index is 2.67. The molecule has 0 aromatic carbocycles. The van der Waals surface area contributed by atoms with Crippen LogP contribution in [0.25, 0.3) is 0 Å². The molecule has 0 bridgehead atoms. The SMILES string of the molecule is CC[N](C)[Ge]([CH2]C)([CH2]C)[CH2]C. The standard InChI is InChI=1S/C9H23GeN/c1-6-10(7-2,8-3)11(5)9-4/h6-9H2,1-5H3. The summed E-state index contributed by atoms with van der Waals surface area (Å²) in [6, 6.07) is 0. The van der Waals surface area contributed by atoms with Crippen molar-refractivity contribution in [3.05, 3.63) is 0 Å². The van der Waals surface area contributed by atoms with Crippen LogP contribution in [0.1, 0.15) is 27.7 Å². The summed E-state index contributed by atoms with van der Waals surface area (Å²) in [5.74, 6) is 0. The first-order chi connectivity index (χ1) is 5.16. The molecule has 0 saturated heterocycles. The minimum atomic E-state index is -1.50. The Labute approximate surface area is 74.7 Å². The molecule has 0 aliphatic rings. The molecule has 0 heterocycles. The average Bonchev–Trinajstić information content (AvgIpc) is 2.08. The molecule has 0 aromatic rings. The molecule has 0 N–H and O–H groups in total. The summed E-state index contributed by atoms with van der Waals surface area (Å²) < 4.78 is 2.67. The van der Waals surface area contributed by atoms with Crippen molar-refractivity contribution in [1.29, 1.82) is 0 Å². The minimum absolute atomic E-state index is 1.25. The monoisotopic (exact) mass is 219 g/mol. The molecule has 0 rings (SSSR count). The van der Waals surface area contributed by atoms with Crippen LogP contribution in [0.5, 0.6) is 0 Å². The Morgan fingerprint density at radius 1 is 0.909 bits per heavy atom. The summed E-state index contributed by atoms with van der Waals surface area (Å²) in [4.78, 5) is 0. The Balaban J connectivity index is 4.26. The van der Waals surface area contributed by atoms with Gasteiger partial charge in [0.25, 0.3) is 0 Å². The summed E-state index contributed by atoms with van der Waals surface area (Å²) in [6.45, 7) is 10.6. The van der Waals surface area contributed by atoms with Crippen LogP contribution in [0.4, 0.5) is 0 Å². The van der Waals surface area contributed by atoms with E-state index in [1.807, 2.05) is 0 Å². The van der Waals surface area contributed by atoms with Gasteiger partial charge in [-0.15, -0.1) is 0 Å². The van der Waals surface area contributed by atoms with E-state index in [-0.39, 0.29) is 0 Å². The van der Waals surface area contributed by atoms with Gasteiger partial charge < -0.3 is 0 Å². The first-order valence-electron chi connectivity index (χ1n) is 4.88. The quantitative estimate of drug-likeness (QED) is 0.641. The second kappa shape index (κ2) is 5.20. The molecule has 0 radical (unpaired) electrons. The molecule has 1 nitrogen and oxygen atoms in total. The Hall–Kier alpha value is 0.503. The van der Waals surface area contributed by atoms with E-state index in [9.17, 15) is 0 Å². The fraction of sp³-hybridized carbons (Fsp3) is 1.00. The van der Waals surface area contributed by atoms with Gasteiger partial charge in [-0.1, -0.05) is 0 Å². The van der Waals surface area contributed by atoms with Crippen LogP contribution in [0.3, 0.4) is 0 Å². The Morgan fingerprint density at radius 2 is 1.27 bits per heavy atom. The van der Waals surface area contributed by atoms with Gasteiger partial charge in [-0.2, -0.15) is 0 Å². The maximum absolute atomic E-state index is 2.67. The summed E-state index contributed by atoms with van der Waals surface area (Å²) in [6.07, 6.45) is 0. The van der Waals surface area contributed by atoms with Gasteiger partial charge in [-0.25, -0.2) is 0 Å². The van der Waals surface area contributed by atoms with Crippen LogP contribution < -0.4 is 0 Å². The summed E-state index contributed by atoms with van der Waals surface area (Å²) in [5.41, 5.74) is 0. The number of nitrogens with zero attached hydrogens (tertiary/aromatic N) is 1. The van der Waals surface area contributed by atoms with Crippen LogP contribution in [0.15, 0.2) is 0 Å². The molecule has 0 aliphatic carbocycles. The van der Waals surface area contributed by atoms with Crippen molar-refractivity contribution in [2.75, 3.05) is 13.6 Å². The van der Waals surface area contributed by atoms with Gasteiger partial charge in [0.2, 0.25) is 0 Å². The number of hydrogen-bond acceptors (Lipinski definition) is 1. The summed E-state index contributed by atoms with van der Waals surface area (Å²) in [5, 5.41) is 4.37. The van der Waals surface area contributed by atoms with Crippen molar-refractivity contribution in [1.82, 2.24) is 3.86 Å². The van der Waals surface area contributed by atoms with Crippen molar-refractivity contribution < 1.29 is 0 Å². The summed E-state index contributed by atoms with van der Waals surface area (Å²) in [7, 11) is 2.32. The average molecular weight is 218 g/mol. The van der Waals surface area contributed by atoms with Gasteiger partial charge >= 0.3 is 74.4 Å². The van der Waals surface area contributed by atoms with E-state index in [4.69, 9.17) is 0 Å². The summed E-state index contributed by atoms with van der Waals surface area (Å²) >= 11 is -1.50. The predicted molar refractivity (Wildman–Crippen MR) is 55.5 cm³/mol. The normalized spacial score (nSPS) is 12.5. The van der Waals surface area contributed by atoms with Crippen LogP contribution >= 0.6 is 0 Å². The van der Waals surface area contributed by atoms with Gasteiger partial charge in [-0.05, 0) is 0 Å². The van der Waals surface area contributed by atoms with Gasteiger partial charge in [0.1, 0.15) is 0 Å². The van der Waals surface area contributed by atoms with E-state index in [0.717, 1.165) is 0 Å². The zero-order valence-electron chi connectivity index (χ0n) is 8.78. The molecule has 0 saturated carbocycles. The fourth-order valence-electron chi connectivity index (χ4n) is 1.90. The zero-order valence-corrected chi connectivity index (χ0v) is 10.9. The van der Waals surface area contributed by atoms with Crippen LogP contribution in [0.2, 0.25) is 15.8 Å². The van der Waals surface area contributed by atoms with Gasteiger partial charge in [0, 0.05) is 0 Å². The van der Waals surface area contributed by atoms with Crippen molar-refractivity contribution in [3.8, 4) is 0 Å². The van der Waals surface area contributed by atoms with E-state index in [1.165, 1.54) is 22.3 Å². The molecular weight excluding hydrogens is 195 g/mol. The zero-order chi connectivity index (χ0) is 8.91. The first kappa shape index (κ1) is 11.5. The van der Waals surface area contributed by atoms with E-state index in [1.54, 1.807) is 0 Å². The third-order valence-electron chi connectivity index (χ3n) is 3.26. The van der Waals surface area contributed by atoms with Gasteiger partial charge in [0.15, 0.2) is 0 Å². The Bertz CT molecular complexity index is 91.5. The van der Waals surface area contributed by atoms with Crippen LogP contribution in [-0.2, 0) is 0 Å². The second-order valence-corrected chi connectivity index (χ2v) is 14.5. The second-order valence-electron chi connectivity index (χ2n) is 3.30. The van der Waals surface area contributed by atoms with Crippen LogP contribution in [-0.4, -0.2) is 30.9 Å². The molecule has 0 amide bonds. The van der Waals surface area contributed by atoms with Crippen molar-refractivity contribution in [2.45, 2.75) is 43.5 Å².